The number of carbonyl (C=O) groups excluding carboxylic acids is 1. The van der Waals surface area contributed by atoms with E-state index in [9.17, 15) is 4.79 Å². The maximum Gasteiger partial charge on any atom is 0.251 e. The monoisotopic (exact) mass is 345 g/mol. The fraction of sp³-hybridized carbons (Fsp3) is 0.684. The molecule has 1 N–H and O–H groups in total. The van der Waals surface area contributed by atoms with Crippen molar-refractivity contribution in [3.8, 4) is 0 Å². The van der Waals surface area contributed by atoms with Gasteiger partial charge in [0.25, 0.3) is 5.91 Å². The molecule has 6 heteroatoms. The number of aromatic nitrogens is 1. The number of rotatable bonds is 4. The van der Waals surface area contributed by atoms with Crippen molar-refractivity contribution in [2.24, 2.45) is 11.8 Å². The van der Waals surface area contributed by atoms with Crippen molar-refractivity contribution in [1.82, 2.24) is 15.2 Å². The Labute approximate surface area is 148 Å². The van der Waals surface area contributed by atoms with Gasteiger partial charge in [0, 0.05) is 56.2 Å². The summed E-state index contributed by atoms with van der Waals surface area (Å²) in [5.74, 6) is 1.11. The third-order valence-electron chi connectivity index (χ3n) is 5.95. The maximum atomic E-state index is 12.3. The summed E-state index contributed by atoms with van der Waals surface area (Å²) >= 11 is 0. The van der Waals surface area contributed by atoms with Crippen LogP contribution >= 0.6 is 0 Å². The van der Waals surface area contributed by atoms with Gasteiger partial charge in [0.2, 0.25) is 0 Å². The summed E-state index contributed by atoms with van der Waals surface area (Å²) in [6, 6.07) is 4.13. The van der Waals surface area contributed by atoms with Crippen LogP contribution in [0.4, 0.5) is 0 Å². The van der Waals surface area contributed by atoms with Gasteiger partial charge < -0.3 is 14.8 Å². The van der Waals surface area contributed by atoms with Gasteiger partial charge in [-0.3, -0.25) is 14.7 Å². The summed E-state index contributed by atoms with van der Waals surface area (Å²) in [6.45, 7) is 5.46. The van der Waals surface area contributed by atoms with Crippen molar-refractivity contribution in [2.75, 3.05) is 39.5 Å². The predicted molar refractivity (Wildman–Crippen MR) is 93.3 cm³/mol. The van der Waals surface area contributed by atoms with E-state index in [1.165, 1.54) is 13.0 Å². The van der Waals surface area contributed by atoms with Crippen molar-refractivity contribution in [3.63, 3.8) is 0 Å². The second-order valence-electron chi connectivity index (χ2n) is 7.37. The number of hydrogen-bond donors (Lipinski definition) is 1. The van der Waals surface area contributed by atoms with Crippen molar-refractivity contribution >= 4 is 5.91 Å². The molecule has 25 heavy (non-hydrogen) atoms. The molecule has 3 saturated heterocycles. The number of carbonyl (C=O) groups is 1. The largest absolute Gasteiger partial charge is 0.381 e. The molecule has 3 atom stereocenters. The smallest absolute Gasteiger partial charge is 0.251 e. The molecule has 3 aliphatic rings. The molecule has 0 radical (unpaired) electrons. The van der Waals surface area contributed by atoms with Gasteiger partial charge in [0.1, 0.15) is 0 Å². The van der Waals surface area contributed by atoms with E-state index in [1.807, 2.05) is 0 Å². The molecule has 0 bridgehead atoms. The van der Waals surface area contributed by atoms with Crippen LogP contribution in [0, 0.1) is 11.8 Å². The Morgan fingerprint density at radius 3 is 2.84 bits per heavy atom. The minimum absolute atomic E-state index is 0.0495. The third-order valence-corrected chi connectivity index (χ3v) is 5.95. The summed E-state index contributed by atoms with van der Waals surface area (Å²) in [5, 5.41) is 3.04. The molecule has 3 aliphatic heterocycles. The highest BCUT2D eigenvalue weighted by molar-refractivity contribution is 5.93. The van der Waals surface area contributed by atoms with Crippen LogP contribution in [-0.2, 0) is 9.47 Å². The van der Waals surface area contributed by atoms with Crippen LogP contribution in [-0.4, -0.2) is 67.4 Å². The molecule has 0 saturated carbocycles. The molecule has 6 nitrogen and oxygen atoms in total. The molecule has 0 aliphatic carbocycles. The van der Waals surface area contributed by atoms with E-state index in [0.29, 0.717) is 30.0 Å². The minimum atomic E-state index is -0.0495. The van der Waals surface area contributed by atoms with Gasteiger partial charge in [-0.1, -0.05) is 0 Å². The first kappa shape index (κ1) is 16.9. The molecular formula is C19H27N3O3. The molecule has 4 rings (SSSR count). The van der Waals surface area contributed by atoms with Crippen LogP contribution in [0.3, 0.4) is 0 Å². The lowest BCUT2D eigenvalue weighted by Crippen LogP contribution is -2.50. The first-order valence-electron chi connectivity index (χ1n) is 9.43. The number of ether oxygens (including phenoxy) is 2. The quantitative estimate of drug-likeness (QED) is 0.892. The Morgan fingerprint density at radius 1 is 1.24 bits per heavy atom. The molecule has 0 aromatic carbocycles. The van der Waals surface area contributed by atoms with Crippen molar-refractivity contribution < 1.29 is 14.3 Å². The van der Waals surface area contributed by atoms with E-state index in [0.717, 1.165) is 39.2 Å². The van der Waals surface area contributed by atoms with Crippen LogP contribution in [0.15, 0.2) is 24.5 Å². The zero-order valence-corrected chi connectivity index (χ0v) is 14.6. The molecule has 1 aromatic rings. The van der Waals surface area contributed by atoms with Crippen molar-refractivity contribution in [1.29, 1.82) is 0 Å². The van der Waals surface area contributed by atoms with Crippen molar-refractivity contribution in [3.05, 3.63) is 30.1 Å². The van der Waals surface area contributed by atoms with Gasteiger partial charge >= 0.3 is 0 Å². The van der Waals surface area contributed by atoms with Gasteiger partial charge in [0.15, 0.2) is 0 Å². The zero-order valence-electron chi connectivity index (χ0n) is 14.6. The van der Waals surface area contributed by atoms with E-state index in [4.69, 9.17) is 9.47 Å². The summed E-state index contributed by atoms with van der Waals surface area (Å²) < 4.78 is 11.5. The molecule has 4 heterocycles. The number of fused-ring (bicyclic) bond motifs is 1. The van der Waals surface area contributed by atoms with Gasteiger partial charge in [-0.15, -0.1) is 0 Å². The summed E-state index contributed by atoms with van der Waals surface area (Å²) in [5.41, 5.74) is 0.650. The third kappa shape index (κ3) is 3.86. The second kappa shape index (κ2) is 7.81. The normalized spacial score (nSPS) is 30.8. The number of amides is 1. The zero-order chi connectivity index (χ0) is 17.1. The topological polar surface area (TPSA) is 63.7 Å². The fourth-order valence-electron chi connectivity index (χ4n) is 4.45. The fourth-order valence-corrected chi connectivity index (χ4v) is 4.45. The number of nitrogens with zero attached hydrogens (tertiary/aromatic N) is 2. The van der Waals surface area contributed by atoms with Crippen LogP contribution in [0.25, 0.3) is 0 Å². The molecule has 1 aromatic heterocycles. The highest BCUT2D eigenvalue weighted by Crippen LogP contribution is 2.35. The van der Waals surface area contributed by atoms with E-state index < -0.39 is 0 Å². The van der Waals surface area contributed by atoms with Crippen LogP contribution in [0.1, 0.15) is 29.6 Å². The van der Waals surface area contributed by atoms with Crippen molar-refractivity contribution in [2.45, 2.75) is 31.4 Å². The molecular weight excluding hydrogens is 318 g/mol. The van der Waals surface area contributed by atoms with Gasteiger partial charge in [-0.05, 0) is 43.9 Å². The molecule has 0 spiro atoms. The standard InChI is InChI=1S/C19H27N3O3/c23-19(14-1-6-20-7-2-14)21-11-18-17-12-22(8-3-15(17)13-25-18)16-4-9-24-10-5-16/h1-2,6-7,15-18H,3-5,8-13H2,(H,21,23)/t15-,17-,18+/m0/s1. The first-order valence-corrected chi connectivity index (χ1v) is 9.43. The van der Waals surface area contributed by atoms with E-state index in [2.05, 4.69) is 15.2 Å². The molecule has 3 fully saturated rings. The van der Waals surface area contributed by atoms with Gasteiger partial charge in [-0.25, -0.2) is 0 Å². The lowest BCUT2D eigenvalue weighted by Gasteiger charge is -2.41. The highest BCUT2D eigenvalue weighted by atomic mass is 16.5. The lowest BCUT2D eigenvalue weighted by molar-refractivity contribution is 0.00539. The first-order chi connectivity index (χ1) is 12.3. The molecule has 136 valence electrons. The van der Waals surface area contributed by atoms with Crippen LogP contribution in [0.2, 0.25) is 0 Å². The van der Waals surface area contributed by atoms with Crippen LogP contribution in [0.5, 0.6) is 0 Å². The molecule has 0 unspecified atom stereocenters. The number of likely N-dealkylation sites (tertiary alicyclic amines) is 1. The second-order valence-corrected chi connectivity index (χ2v) is 7.37. The average Bonchev–Trinajstić information content (AvgIpc) is 3.10. The Kier molecular flexibility index (Phi) is 5.29. The van der Waals surface area contributed by atoms with E-state index in [-0.39, 0.29) is 12.0 Å². The Hall–Kier alpha value is -1.50. The van der Waals surface area contributed by atoms with Gasteiger partial charge in [0.05, 0.1) is 12.7 Å². The van der Waals surface area contributed by atoms with Crippen LogP contribution < -0.4 is 5.32 Å². The Balaban J connectivity index is 1.32. The summed E-state index contributed by atoms with van der Waals surface area (Å²) in [7, 11) is 0. The van der Waals surface area contributed by atoms with E-state index >= 15 is 0 Å². The predicted octanol–water partition coefficient (Wildman–Crippen LogP) is 1.33. The lowest BCUT2D eigenvalue weighted by atomic mass is 9.83. The Morgan fingerprint density at radius 2 is 2.04 bits per heavy atom. The summed E-state index contributed by atoms with van der Waals surface area (Å²) in [4.78, 5) is 18.8. The number of pyridine rings is 1. The SMILES string of the molecule is O=C(NC[C@H]1OC[C@@H]2CCN(C3CCOCC3)C[C@@H]21)c1ccncc1. The van der Waals surface area contributed by atoms with Gasteiger partial charge in [-0.2, -0.15) is 0 Å². The Bertz CT molecular complexity index is 577. The highest BCUT2D eigenvalue weighted by Gasteiger charge is 2.42. The maximum absolute atomic E-state index is 12.3. The number of nitrogens with one attached hydrogen (secondary N) is 1. The average molecular weight is 345 g/mol. The number of piperidine rings is 1. The molecule has 1 amide bonds. The van der Waals surface area contributed by atoms with E-state index in [1.54, 1.807) is 24.5 Å². The number of hydrogen-bond acceptors (Lipinski definition) is 5. The summed E-state index contributed by atoms with van der Waals surface area (Å²) in [6.07, 6.45) is 6.90. The minimum Gasteiger partial charge on any atom is -0.381 e.